The van der Waals surface area contributed by atoms with Crippen molar-refractivity contribution in [2.45, 2.75) is 25.8 Å². The summed E-state index contributed by atoms with van der Waals surface area (Å²) < 4.78 is 15.7. The Morgan fingerprint density at radius 3 is 2.75 bits per heavy atom. The number of nitrogens with one attached hydrogen (secondary N) is 1. The van der Waals surface area contributed by atoms with Crippen LogP contribution in [-0.2, 0) is 6.54 Å². The van der Waals surface area contributed by atoms with Gasteiger partial charge in [-0.25, -0.2) is 4.39 Å². The average molecular weight is 333 g/mol. The lowest BCUT2D eigenvalue weighted by molar-refractivity contribution is -0.385. The highest BCUT2D eigenvalue weighted by Gasteiger charge is 2.12. The molecular weight excluding hydrogens is 313 g/mol. The molecule has 1 aromatic heterocycles. The number of hydrogen-bond donors (Lipinski definition) is 1. The number of halogens is 1. The second kappa shape index (κ2) is 7.39. The topological polar surface area (TPSA) is 76.2 Å². The number of hydrogen-bond acceptors (Lipinski definition) is 5. The van der Waals surface area contributed by atoms with E-state index in [4.69, 9.17) is 0 Å². The molecule has 1 N–H and O–H groups in total. The molecule has 1 aliphatic heterocycles. The van der Waals surface area contributed by atoms with Gasteiger partial charge in [-0.3, -0.25) is 14.8 Å². The molecule has 7 nitrogen and oxygen atoms in total. The van der Waals surface area contributed by atoms with Gasteiger partial charge in [0, 0.05) is 18.8 Å². The lowest BCUT2D eigenvalue weighted by Crippen LogP contribution is -2.32. The van der Waals surface area contributed by atoms with Crippen LogP contribution in [0.3, 0.4) is 0 Å². The van der Waals surface area contributed by atoms with Crippen molar-refractivity contribution in [2.75, 3.05) is 25.0 Å². The van der Waals surface area contributed by atoms with Crippen LogP contribution in [0.4, 0.5) is 21.5 Å². The van der Waals surface area contributed by atoms with Gasteiger partial charge >= 0.3 is 0 Å². The van der Waals surface area contributed by atoms with Crippen molar-refractivity contribution in [2.24, 2.45) is 0 Å². The Labute approximate surface area is 139 Å². The monoisotopic (exact) mass is 333 g/mol. The minimum Gasteiger partial charge on any atom is -0.351 e. The Morgan fingerprint density at radius 1 is 1.25 bits per heavy atom. The minimum atomic E-state index is -0.662. The van der Waals surface area contributed by atoms with Crippen molar-refractivity contribution in [3.63, 3.8) is 0 Å². The molecule has 1 aromatic carbocycles. The molecule has 2 heterocycles. The van der Waals surface area contributed by atoms with Crippen molar-refractivity contribution < 1.29 is 9.31 Å². The zero-order valence-corrected chi connectivity index (χ0v) is 13.3. The molecule has 8 heteroatoms. The SMILES string of the molecule is O=[N+]([O-])c1ccc(Nc2cnn(CCN3CCCCC3)c2)c(F)c1. The molecule has 0 bridgehead atoms. The van der Waals surface area contributed by atoms with Crippen LogP contribution in [0.25, 0.3) is 0 Å². The van der Waals surface area contributed by atoms with Gasteiger partial charge in [0.25, 0.3) is 5.69 Å². The van der Waals surface area contributed by atoms with E-state index in [2.05, 4.69) is 15.3 Å². The van der Waals surface area contributed by atoms with Crippen LogP contribution < -0.4 is 5.32 Å². The summed E-state index contributed by atoms with van der Waals surface area (Å²) in [5.41, 5.74) is 0.577. The van der Waals surface area contributed by atoms with E-state index < -0.39 is 10.7 Å². The molecule has 0 radical (unpaired) electrons. The van der Waals surface area contributed by atoms with Crippen LogP contribution in [0.5, 0.6) is 0 Å². The molecule has 128 valence electrons. The number of nitro benzene ring substituents is 1. The summed E-state index contributed by atoms with van der Waals surface area (Å²) in [4.78, 5) is 12.4. The van der Waals surface area contributed by atoms with Crippen molar-refractivity contribution in [3.8, 4) is 0 Å². The van der Waals surface area contributed by atoms with Crippen molar-refractivity contribution in [1.82, 2.24) is 14.7 Å². The van der Waals surface area contributed by atoms with E-state index in [1.807, 2.05) is 10.9 Å². The first-order valence-electron chi connectivity index (χ1n) is 8.07. The van der Waals surface area contributed by atoms with Gasteiger partial charge in [-0.1, -0.05) is 6.42 Å². The number of piperidine rings is 1. The highest BCUT2D eigenvalue weighted by Crippen LogP contribution is 2.23. The molecular formula is C16H20FN5O2. The highest BCUT2D eigenvalue weighted by atomic mass is 19.1. The second-order valence-electron chi connectivity index (χ2n) is 5.94. The van der Waals surface area contributed by atoms with Crippen molar-refractivity contribution in [1.29, 1.82) is 0 Å². The number of anilines is 2. The molecule has 1 fully saturated rings. The number of nitro groups is 1. The number of non-ortho nitro benzene ring substituents is 1. The fraction of sp³-hybridized carbons (Fsp3) is 0.438. The number of rotatable bonds is 6. The van der Waals surface area contributed by atoms with Crippen molar-refractivity contribution in [3.05, 3.63) is 46.5 Å². The maximum Gasteiger partial charge on any atom is 0.272 e. The van der Waals surface area contributed by atoms with E-state index in [0.29, 0.717) is 5.69 Å². The largest absolute Gasteiger partial charge is 0.351 e. The molecule has 0 saturated carbocycles. The fourth-order valence-corrected chi connectivity index (χ4v) is 2.85. The summed E-state index contributed by atoms with van der Waals surface area (Å²) in [5.74, 6) is -0.662. The first-order valence-corrected chi connectivity index (χ1v) is 8.07. The van der Waals surface area contributed by atoms with Gasteiger partial charge in [0.2, 0.25) is 0 Å². The Balaban J connectivity index is 1.58. The molecule has 0 aliphatic carbocycles. The third-order valence-electron chi connectivity index (χ3n) is 4.17. The van der Waals surface area contributed by atoms with E-state index >= 15 is 0 Å². The van der Waals surface area contributed by atoms with E-state index in [9.17, 15) is 14.5 Å². The number of likely N-dealkylation sites (tertiary alicyclic amines) is 1. The first kappa shape index (κ1) is 16.4. The molecule has 2 aromatic rings. The van der Waals surface area contributed by atoms with Crippen LogP contribution in [-0.4, -0.2) is 39.2 Å². The van der Waals surface area contributed by atoms with Gasteiger partial charge in [0.1, 0.15) is 0 Å². The minimum absolute atomic E-state index is 0.191. The van der Waals surface area contributed by atoms with Crippen LogP contribution in [0.2, 0.25) is 0 Å². The molecule has 0 unspecified atom stereocenters. The summed E-state index contributed by atoms with van der Waals surface area (Å²) in [6.45, 7) is 4.01. The van der Waals surface area contributed by atoms with Gasteiger partial charge < -0.3 is 10.2 Å². The molecule has 1 aliphatic rings. The van der Waals surface area contributed by atoms with Gasteiger partial charge in [-0.15, -0.1) is 0 Å². The van der Waals surface area contributed by atoms with Crippen LogP contribution in [0, 0.1) is 15.9 Å². The zero-order chi connectivity index (χ0) is 16.9. The highest BCUT2D eigenvalue weighted by molar-refractivity contribution is 5.60. The maximum absolute atomic E-state index is 13.9. The molecule has 24 heavy (non-hydrogen) atoms. The number of benzene rings is 1. The predicted molar refractivity (Wildman–Crippen MR) is 88.9 cm³/mol. The third-order valence-corrected chi connectivity index (χ3v) is 4.17. The molecule has 3 rings (SSSR count). The Kier molecular flexibility index (Phi) is 5.05. The summed E-state index contributed by atoms with van der Waals surface area (Å²) in [6, 6.07) is 3.54. The Bertz CT molecular complexity index is 712. The third kappa shape index (κ3) is 4.08. The Hall–Kier alpha value is -2.48. The van der Waals surface area contributed by atoms with Gasteiger partial charge in [0.05, 0.1) is 35.1 Å². The van der Waals surface area contributed by atoms with Crippen LogP contribution in [0.15, 0.2) is 30.6 Å². The fourth-order valence-electron chi connectivity index (χ4n) is 2.85. The number of nitrogens with zero attached hydrogens (tertiary/aromatic N) is 4. The van der Waals surface area contributed by atoms with E-state index in [0.717, 1.165) is 32.2 Å². The van der Waals surface area contributed by atoms with E-state index in [1.54, 1.807) is 6.20 Å². The summed E-state index contributed by atoms with van der Waals surface area (Å²) in [6.07, 6.45) is 7.26. The first-order chi connectivity index (χ1) is 11.6. The summed E-state index contributed by atoms with van der Waals surface area (Å²) >= 11 is 0. The van der Waals surface area contributed by atoms with Gasteiger partial charge in [-0.05, 0) is 32.0 Å². The Morgan fingerprint density at radius 2 is 2.04 bits per heavy atom. The lowest BCUT2D eigenvalue weighted by atomic mass is 10.1. The summed E-state index contributed by atoms with van der Waals surface area (Å²) in [7, 11) is 0. The second-order valence-corrected chi connectivity index (χ2v) is 5.94. The maximum atomic E-state index is 13.9. The zero-order valence-electron chi connectivity index (χ0n) is 13.3. The average Bonchev–Trinajstić information content (AvgIpc) is 3.03. The normalized spacial score (nSPS) is 15.4. The standard InChI is InChI=1S/C16H20FN5O2/c17-15-10-14(22(23)24)4-5-16(15)19-13-11-18-21(12-13)9-8-20-6-2-1-3-7-20/h4-5,10-12,19H,1-3,6-9H2. The predicted octanol–water partition coefficient (Wildman–Crippen LogP) is 3.16. The van der Waals surface area contributed by atoms with Gasteiger partial charge in [0.15, 0.2) is 5.82 Å². The van der Waals surface area contributed by atoms with E-state index in [1.165, 1.54) is 31.4 Å². The van der Waals surface area contributed by atoms with Crippen molar-refractivity contribution >= 4 is 17.1 Å². The van der Waals surface area contributed by atoms with Gasteiger partial charge in [-0.2, -0.15) is 5.10 Å². The van der Waals surface area contributed by atoms with E-state index in [-0.39, 0.29) is 11.4 Å². The molecule has 0 spiro atoms. The quantitative estimate of drug-likeness (QED) is 0.649. The van der Waals surface area contributed by atoms with Crippen LogP contribution >= 0.6 is 0 Å². The van der Waals surface area contributed by atoms with Crippen LogP contribution in [0.1, 0.15) is 19.3 Å². The molecule has 0 amide bonds. The molecule has 1 saturated heterocycles. The smallest absolute Gasteiger partial charge is 0.272 e. The summed E-state index contributed by atoms with van der Waals surface area (Å²) in [5, 5.41) is 17.8. The molecule has 0 atom stereocenters. The lowest BCUT2D eigenvalue weighted by Gasteiger charge is -2.26. The number of aromatic nitrogens is 2.